The number of oxazole rings is 4. The van der Waals surface area contributed by atoms with Crippen LogP contribution in [0.25, 0.3) is 44.8 Å². The van der Waals surface area contributed by atoms with E-state index in [2.05, 4.69) is 39.9 Å². The average molecular weight is 1480 g/mol. The number of hydrogen-bond acceptors (Lipinski definition) is 20. The predicted octanol–water partition coefficient (Wildman–Crippen LogP) is 15.4. The molecule has 24 nitrogen and oxygen atoms in total. The quantitative estimate of drug-likeness (QED) is 0.0507. The second-order valence-corrected chi connectivity index (χ2v) is 24.5. The Hall–Kier alpha value is -13.0. The molecule has 0 spiro atoms. The number of hydrogen-bond donors (Lipinski definition) is 0. The maximum Gasteiger partial charge on any atom is 0.226 e. The van der Waals surface area contributed by atoms with Crippen LogP contribution >= 0.6 is 11.6 Å². The summed E-state index contributed by atoms with van der Waals surface area (Å²) in [4.78, 5) is 135. The molecule has 0 saturated heterocycles. The lowest BCUT2D eigenvalue weighted by molar-refractivity contribution is -0.118. The smallest absolute Gasteiger partial charge is 0.226 e. The van der Waals surface area contributed by atoms with Gasteiger partial charge in [0.05, 0.1) is 83.9 Å². The van der Waals surface area contributed by atoms with Crippen molar-refractivity contribution in [2.45, 2.75) is 86.0 Å². The zero-order chi connectivity index (χ0) is 77.6. The number of carbonyl (C=O) groups is 8. The molecule has 4 aromatic carbocycles. The van der Waals surface area contributed by atoms with E-state index in [0.29, 0.717) is 105 Å². The van der Waals surface area contributed by atoms with Gasteiger partial charge in [-0.15, -0.1) is 0 Å². The zero-order valence-corrected chi connectivity index (χ0v) is 61.3. The lowest BCUT2D eigenvalue weighted by Gasteiger charge is -2.19. The summed E-state index contributed by atoms with van der Waals surface area (Å²) in [6, 6.07) is 34.1. The van der Waals surface area contributed by atoms with Gasteiger partial charge in [0.2, 0.25) is 47.2 Å². The van der Waals surface area contributed by atoms with Crippen molar-refractivity contribution in [3.05, 3.63) is 264 Å². The van der Waals surface area contributed by atoms with Gasteiger partial charge in [-0.2, -0.15) is 0 Å². The normalized spacial score (nSPS) is 10.6. The third-order valence-corrected chi connectivity index (χ3v) is 17.2. The Morgan fingerprint density at radius 3 is 1.00 bits per heavy atom. The monoisotopic (exact) mass is 1480 g/mol. The predicted molar refractivity (Wildman–Crippen MR) is 401 cm³/mol. The van der Waals surface area contributed by atoms with E-state index in [0.717, 1.165) is 27.9 Å². The molecule has 12 aromatic rings. The minimum absolute atomic E-state index is 0.0170. The number of pyridine rings is 4. The number of carbonyl (C=O) groups excluding carboxylic acids is 8. The number of benzene rings is 4. The number of anilines is 4. The largest absolute Gasteiger partial charge is 0.449 e. The van der Waals surface area contributed by atoms with Gasteiger partial charge in [-0.1, -0.05) is 75.7 Å². The van der Waals surface area contributed by atoms with Gasteiger partial charge in [0.25, 0.3) is 0 Å². The van der Waals surface area contributed by atoms with Crippen molar-refractivity contribution >= 4 is 81.1 Å². The third kappa shape index (κ3) is 20.7. The lowest BCUT2D eigenvalue weighted by atomic mass is 10.0. The minimum atomic E-state index is -0.511. The number of halogens is 3. The van der Waals surface area contributed by atoms with Crippen molar-refractivity contribution in [2.24, 2.45) is 0 Å². The Morgan fingerprint density at radius 1 is 0.352 bits per heavy atom. The van der Waals surface area contributed by atoms with Gasteiger partial charge in [0, 0.05) is 118 Å². The number of rotatable bonds is 24. The molecule has 8 heterocycles. The second kappa shape index (κ2) is 37.6. The van der Waals surface area contributed by atoms with Crippen LogP contribution in [0.3, 0.4) is 0 Å². The number of nitrogens with zero attached hydrogens (tertiary/aromatic N) is 12. The fourth-order valence-electron chi connectivity index (χ4n) is 10.7. The molecule has 0 aliphatic rings. The number of aromatic nitrogens is 8. The molecule has 4 amide bonds. The van der Waals surface area contributed by atoms with Gasteiger partial charge in [-0.05, 0) is 109 Å². The van der Waals surface area contributed by atoms with E-state index < -0.39 is 11.6 Å². The highest BCUT2D eigenvalue weighted by molar-refractivity contribution is 6.34. The van der Waals surface area contributed by atoms with Gasteiger partial charge in [0.1, 0.15) is 48.1 Å². The zero-order valence-electron chi connectivity index (χ0n) is 60.5. The first-order valence-electron chi connectivity index (χ1n) is 34.0. The Labute approximate surface area is 625 Å². The van der Waals surface area contributed by atoms with Crippen LogP contribution in [0.2, 0.25) is 5.02 Å². The average Bonchev–Trinajstić information content (AvgIpc) is 0.947. The van der Waals surface area contributed by atoms with E-state index in [1.165, 1.54) is 102 Å². The molecule has 0 aliphatic carbocycles. The van der Waals surface area contributed by atoms with Crippen molar-refractivity contribution in [1.82, 2.24) is 39.9 Å². The molecule has 108 heavy (non-hydrogen) atoms. The van der Waals surface area contributed by atoms with E-state index in [9.17, 15) is 47.1 Å². The summed E-state index contributed by atoms with van der Waals surface area (Å²) in [6.07, 6.45) is 19.5. The third-order valence-electron chi connectivity index (χ3n) is 16.9. The van der Waals surface area contributed by atoms with Gasteiger partial charge >= 0.3 is 0 Å². The van der Waals surface area contributed by atoms with Crippen molar-refractivity contribution in [3.8, 4) is 44.8 Å². The first-order chi connectivity index (χ1) is 52.0. The van der Waals surface area contributed by atoms with E-state index in [1.807, 2.05) is 44.2 Å². The molecule has 0 atom stereocenters. The van der Waals surface area contributed by atoms with Crippen molar-refractivity contribution in [1.29, 1.82) is 0 Å². The topological polar surface area (TPSA) is 305 Å². The van der Waals surface area contributed by atoms with Gasteiger partial charge in [-0.3, -0.25) is 58.3 Å². The van der Waals surface area contributed by atoms with Crippen LogP contribution in [0.5, 0.6) is 0 Å². The molecule has 0 fully saturated rings. The van der Waals surface area contributed by atoms with E-state index in [4.69, 9.17) is 29.3 Å². The number of ketones is 4. The maximum absolute atomic E-state index is 14.4. The first kappa shape index (κ1) is 79.2. The lowest BCUT2D eigenvalue weighted by Crippen LogP contribution is -2.25. The van der Waals surface area contributed by atoms with Crippen LogP contribution < -0.4 is 19.6 Å². The van der Waals surface area contributed by atoms with Crippen LogP contribution in [-0.4, -0.2) is 115 Å². The molecule has 0 bridgehead atoms. The maximum atomic E-state index is 14.4. The fourth-order valence-corrected chi connectivity index (χ4v) is 11.1. The summed E-state index contributed by atoms with van der Waals surface area (Å²) >= 11 is 6.34. The van der Waals surface area contributed by atoms with E-state index >= 15 is 0 Å². The molecule has 0 saturated carbocycles. The summed E-state index contributed by atoms with van der Waals surface area (Å²) in [5, 5.41) is 0.461. The number of amides is 4. The fraction of sp³-hybridized carbons (Fsp3) is 0.210. The molecule has 12 rings (SSSR count). The Kier molecular flexibility index (Phi) is 27.6. The molecule has 0 unspecified atom stereocenters. The number of Topliss-reactive ketones (excluding diaryl/α,β-unsaturated/α-hetero) is 4. The highest BCUT2D eigenvalue weighted by atomic mass is 35.5. The van der Waals surface area contributed by atoms with Crippen LogP contribution in [-0.2, 0) is 44.9 Å². The van der Waals surface area contributed by atoms with Crippen molar-refractivity contribution in [3.63, 3.8) is 0 Å². The van der Waals surface area contributed by atoms with Gasteiger partial charge in [-0.25, -0.2) is 28.7 Å². The second-order valence-electron chi connectivity index (χ2n) is 24.1. The summed E-state index contributed by atoms with van der Waals surface area (Å²) in [7, 11) is 6.55. The van der Waals surface area contributed by atoms with Crippen molar-refractivity contribution in [2.75, 3.05) is 47.8 Å². The molecule has 0 radical (unpaired) electrons. The highest BCUT2D eigenvalue weighted by Gasteiger charge is 2.21. The number of aryl methyl sites for hydroxylation is 1. The first-order valence-corrected chi connectivity index (χ1v) is 34.4. The molecule has 552 valence electrons. The van der Waals surface area contributed by atoms with E-state index in [-0.39, 0.29) is 89.5 Å². The molecule has 0 aliphatic heterocycles. The SMILES string of the molecule is CCC(=O)N(C)c1ccc(-c2ccc(C(=O)Cc3ncco3)cn2)cc1Cl.CCC(=O)N(C)c1ccc(-c2ccc(C(=O)Cc3ncco3)cn2)cc1F.CCC(=O)N(C)c1ccc(-c2ccc(C(=O)Cc3ncco3)nc2)cc1C.CCC(=O)N(C)c1ccc(-c2ccc(C(=O)Cc3ncco3)nc2)cc1F. The molecule has 0 N–H and O–H groups in total. The Balaban J connectivity index is 0.000000166. The standard InChI is InChI=1S/C21H21N3O3.C20H18ClN3O3.2C20H18FN3O3/c1-4-21(26)24(3)18-8-6-15(11-14(18)2)16-5-7-17(23-13-16)19(25)12-20-22-9-10-27-20;2*1-3-20(26)24(2)17-7-5-13(10-15(17)21)16-6-4-14(12-23-16)18(25)11-19-22-8-9-27-19;1-3-20(26)24(2)17-7-5-13(10-15(17)21)14-4-6-16(23-12-14)18(25)11-19-22-8-9-27-19/h5-11,13H,4,12H2,1-3H3;3*4-10,12H,3,11H2,1-2H3. The summed E-state index contributed by atoms with van der Waals surface area (Å²) < 4.78 is 49.1. The van der Waals surface area contributed by atoms with Gasteiger partial charge in [0.15, 0.2) is 23.1 Å². The summed E-state index contributed by atoms with van der Waals surface area (Å²) in [6.45, 7) is 9.07. The van der Waals surface area contributed by atoms with Gasteiger partial charge < -0.3 is 37.3 Å². The molecular formula is C81H75ClF2N12O12. The Bertz CT molecular complexity index is 4450. The van der Waals surface area contributed by atoms with Crippen LogP contribution in [0.4, 0.5) is 31.5 Å². The Morgan fingerprint density at radius 2 is 0.676 bits per heavy atom. The van der Waals surface area contributed by atoms with Crippen LogP contribution in [0.15, 0.2) is 214 Å². The summed E-state index contributed by atoms with van der Waals surface area (Å²) in [5.74, 6) is -0.530. The van der Waals surface area contributed by atoms with Crippen LogP contribution in [0, 0.1) is 18.6 Å². The summed E-state index contributed by atoms with van der Waals surface area (Å²) in [5.41, 5.74) is 10.2. The van der Waals surface area contributed by atoms with E-state index in [1.54, 1.807) is 132 Å². The van der Waals surface area contributed by atoms with Crippen LogP contribution in [0.1, 0.15) is 124 Å². The molecule has 27 heteroatoms. The highest BCUT2D eigenvalue weighted by Crippen LogP contribution is 2.33. The molecular weight excluding hydrogens is 1410 g/mol. The minimum Gasteiger partial charge on any atom is -0.449 e. The van der Waals surface area contributed by atoms with Crippen molar-refractivity contribution < 1.29 is 64.8 Å². The molecule has 8 aromatic heterocycles.